The maximum absolute atomic E-state index is 11.6. The maximum atomic E-state index is 11.6. The van der Waals surface area contributed by atoms with Gasteiger partial charge in [0.15, 0.2) is 0 Å². The number of nitrogens with two attached hydrogens (primary N) is 1. The van der Waals surface area contributed by atoms with Crippen LogP contribution in [0, 0.1) is 5.92 Å². The van der Waals surface area contributed by atoms with Crippen molar-refractivity contribution in [1.82, 2.24) is 5.32 Å². The molecule has 0 aliphatic heterocycles. The van der Waals surface area contributed by atoms with Crippen LogP contribution in [0.3, 0.4) is 0 Å². The second-order valence-electron chi connectivity index (χ2n) is 4.12. The minimum absolute atomic E-state index is 0.0212. The van der Waals surface area contributed by atoms with Gasteiger partial charge in [0.25, 0.3) is 0 Å². The highest BCUT2D eigenvalue weighted by Crippen LogP contribution is 2.06. The number of nitrogens with one attached hydrogen (secondary N) is 1. The van der Waals surface area contributed by atoms with Gasteiger partial charge < -0.3 is 15.8 Å². The van der Waals surface area contributed by atoms with E-state index in [2.05, 4.69) is 26.1 Å². The molecule has 0 aromatic heterocycles. The number of carbonyl (C=O) groups excluding carboxylic acids is 1. The van der Waals surface area contributed by atoms with Gasteiger partial charge >= 0.3 is 0 Å². The number of rotatable bonds is 7. The minimum Gasteiger partial charge on any atom is -0.380 e. The molecular weight excluding hydrogens is 192 g/mol. The molecule has 0 spiro atoms. The summed E-state index contributed by atoms with van der Waals surface area (Å²) < 4.78 is 5.06. The van der Waals surface area contributed by atoms with Crippen molar-refractivity contribution in [2.75, 3.05) is 13.7 Å². The van der Waals surface area contributed by atoms with E-state index in [-0.39, 0.29) is 18.1 Å². The van der Waals surface area contributed by atoms with Crippen LogP contribution in [0.25, 0.3) is 0 Å². The molecule has 90 valence electrons. The van der Waals surface area contributed by atoms with Gasteiger partial charge in [-0.2, -0.15) is 0 Å². The molecule has 4 heteroatoms. The van der Waals surface area contributed by atoms with Gasteiger partial charge in [0.1, 0.15) is 0 Å². The predicted molar refractivity (Wildman–Crippen MR) is 61.5 cm³/mol. The second-order valence-corrected chi connectivity index (χ2v) is 4.12. The van der Waals surface area contributed by atoms with Crippen molar-refractivity contribution < 1.29 is 9.53 Å². The molecule has 1 amide bonds. The Morgan fingerprint density at radius 1 is 1.47 bits per heavy atom. The predicted octanol–water partition coefficient (Wildman–Crippen LogP) is 0.901. The summed E-state index contributed by atoms with van der Waals surface area (Å²) in [6.07, 6.45) is 1.12. The van der Waals surface area contributed by atoms with Gasteiger partial charge in [-0.3, -0.25) is 4.79 Å². The Hall–Kier alpha value is -0.610. The normalized spacial score (nSPS) is 15.1. The molecule has 2 atom stereocenters. The molecule has 0 radical (unpaired) electrons. The first-order valence-corrected chi connectivity index (χ1v) is 5.57. The average molecular weight is 216 g/mol. The Bertz CT molecular complexity index is 179. The van der Waals surface area contributed by atoms with Gasteiger partial charge in [0.2, 0.25) is 5.91 Å². The van der Waals surface area contributed by atoms with Crippen LogP contribution in [0.2, 0.25) is 0 Å². The summed E-state index contributed by atoms with van der Waals surface area (Å²) in [6.45, 7) is 6.65. The molecule has 0 heterocycles. The van der Waals surface area contributed by atoms with Gasteiger partial charge in [0.05, 0.1) is 12.5 Å². The third kappa shape index (κ3) is 5.74. The van der Waals surface area contributed by atoms with Crippen LogP contribution in [0.5, 0.6) is 0 Å². The summed E-state index contributed by atoms with van der Waals surface area (Å²) in [5.74, 6) is 0.477. The number of amides is 1. The highest BCUT2D eigenvalue weighted by Gasteiger charge is 2.16. The minimum atomic E-state index is -0.172. The fraction of sp³-hybridized carbons (Fsp3) is 0.909. The van der Waals surface area contributed by atoms with E-state index in [4.69, 9.17) is 10.5 Å². The number of hydrogen-bond donors (Lipinski definition) is 2. The standard InChI is InChI=1S/C11H24N2O2/c1-5-10(8(2)3)13-11(14)6-9(7-12)15-4/h8-10H,5-7,12H2,1-4H3,(H,13,14). The molecule has 4 nitrogen and oxygen atoms in total. The molecule has 15 heavy (non-hydrogen) atoms. The molecule has 3 N–H and O–H groups in total. The van der Waals surface area contributed by atoms with Gasteiger partial charge in [-0.25, -0.2) is 0 Å². The first-order valence-electron chi connectivity index (χ1n) is 5.57. The summed E-state index contributed by atoms with van der Waals surface area (Å²) >= 11 is 0. The fourth-order valence-corrected chi connectivity index (χ4v) is 1.48. The molecule has 2 unspecified atom stereocenters. The second kappa shape index (κ2) is 7.65. The lowest BCUT2D eigenvalue weighted by Crippen LogP contribution is -2.40. The van der Waals surface area contributed by atoms with Crippen LogP contribution in [0.1, 0.15) is 33.6 Å². The third-order valence-electron chi connectivity index (χ3n) is 2.60. The molecule has 0 aromatic rings. The lowest BCUT2D eigenvalue weighted by atomic mass is 10.0. The zero-order chi connectivity index (χ0) is 11.8. The van der Waals surface area contributed by atoms with Crippen molar-refractivity contribution in [2.45, 2.75) is 45.8 Å². The van der Waals surface area contributed by atoms with Crippen LogP contribution in [-0.2, 0) is 9.53 Å². The molecule has 0 bridgehead atoms. The van der Waals surface area contributed by atoms with Crippen molar-refractivity contribution in [3.05, 3.63) is 0 Å². The Morgan fingerprint density at radius 2 is 2.07 bits per heavy atom. The monoisotopic (exact) mass is 216 g/mol. The van der Waals surface area contributed by atoms with E-state index < -0.39 is 0 Å². The molecule has 0 aliphatic carbocycles. The van der Waals surface area contributed by atoms with E-state index in [1.54, 1.807) is 7.11 Å². The molecule has 0 aliphatic rings. The Labute approximate surface area is 92.6 Å². The highest BCUT2D eigenvalue weighted by atomic mass is 16.5. The quantitative estimate of drug-likeness (QED) is 0.664. The van der Waals surface area contributed by atoms with Gasteiger partial charge in [-0.1, -0.05) is 20.8 Å². The van der Waals surface area contributed by atoms with E-state index in [9.17, 15) is 4.79 Å². The van der Waals surface area contributed by atoms with Gasteiger partial charge in [-0.15, -0.1) is 0 Å². The number of hydrogen-bond acceptors (Lipinski definition) is 3. The lowest BCUT2D eigenvalue weighted by molar-refractivity contribution is -0.124. The summed E-state index contributed by atoms with van der Waals surface area (Å²) in [7, 11) is 1.57. The first-order chi connectivity index (χ1) is 7.04. The first kappa shape index (κ1) is 14.4. The summed E-state index contributed by atoms with van der Waals surface area (Å²) in [5, 5.41) is 2.99. The van der Waals surface area contributed by atoms with Crippen LogP contribution in [0.4, 0.5) is 0 Å². The smallest absolute Gasteiger partial charge is 0.222 e. The van der Waals surface area contributed by atoms with Crippen molar-refractivity contribution in [3.8, 4) is 0 Å². The van der Waals surface area contributed by atoms with Crippen molar-refractivity contribution in [1.29, 1.82) is 0 Å². The molecule has 0 fully saturated rings. The number of methoxy groups -OCH3 is 1. The zero-order valence-corrected chi connectivity index (χ0v) is 10.2. The van der Waals surface area contributed by atoms with Crippen LogP contribution in [0.15, 0.2) is 0 Å². The third-order valence-corrected chi connectivity index (χ3v) is 2.60. The van der Waals surface area contributed by atoms with E-state index in [0.717, 1.165) is 6.42 Å². The molecule has 0 aromatic carbocycles. The molecule has 0 rings (SSSR count). The number of ether oxygens (including phenoxy) is 1. The fourth-order valence-electron chi connectivity index (χ4n) is 1.48. The Kier molecular flexibility index (Phi) is 7.34. The van der Waals surface area contributed by atoms with E-state index in [0.29, 0.717) is 18.9 Å². The largest absolute Gasteiger partial charge is 0.380 e. The summed E-state index contributed by atoms with van der Waals surface area (Å²) in [5.41, 5.74) is 5.45. The van der Waals surface area contributed by atoms with Gasteiger partial charge in [0, 0.05) is 19.7 Å². The van der Waals surface area contributed by atoms with Crippen molar-refractivity contribution in [3.63, 3.8) is 0 Å². The SMILES string of the molecule is CCC(NC(=O)CC(CN)OC)C(C)C. The van der Waals surface area contributed by atoms with E-state index in [1.807, 2.05) is 0 Å². The van der Waals surface area contributed by atoms with Gasteiger partial charge in [-0.05, 0) is 12.3 Å². The Balaban J connectivity index is 4.00. The average Bonchev–Trinajstić information content (AvgIpc) is 2.22. The highest BCUT2D eigenvalue weighted by molar-refractivity contribution is 5.76. The summed E-state index contributed by atoms with van der Waals surface area (Å²) in [6, 6.07) is 0.243. The molecular formula is C11H24N2O2. The van der Waals surface area contributed by atoms with E-state index >= 15 is 0 Å². The van der Waals surface area contributed by atoms with E-state index in [1.165, 1.54) is 0 Å². The summed E-state index contributed by atoms with van der Waals surface area (Å²) in [4.78, 5) is 11.6. The van der Waals surface area contributed by atoms with Crippen molar-refractivity contribution >= 4 is 5.91 Å². The van der Waals surface area contributed by atoms with Crippen molar-refractivity contribution in [2.24, 2.45) is 11.7 Å². The zero-order valence-electron chi connectivity index (χ0n) is 10.2. The maximum Gasteiger partial charge on any atom is 0.222 e. The number of carbonyl (C=O) groups is 1. The molecule has 0 saturated heterocycles. The lowest BCUT2D eigenvalue weighted by Gasteiger charge is -2.22. The topological polar surface area (TPSA) is 64.4 Å². The van der Waals surface area contributed by atoms with Crippen LogP contribution < -0.4 is 11.1 Å². The Morgan fingerprint density at radius 3 is 2.40 bits per heavy atom. The van der Waals surface area contributed by atoms with Crippen LogP contribution >= 0.6 is 0 Å². The molecule has 0 saturated carbocycles. The van der Waals surface area contributed by atoms with Crippen LogP contribution in [-0.4, -0.2) is 31.7 Å².